The second-order valence-electron chi connectivity index (χ2n) is 6.13. The molecule has 2 heterocycles. The van der Waals surface area contributed by atoms with Gasteiger partial charge in [-0.1, -0.05) is 11.8 Å². The van der Waals surface area contributed by atoms with E-state index in [0.717, 1.165) is 17.7 Å². The van der Waals surface area contributed by atoms with Gasteiger partial charge in [0.05, 0.1) is 29.1 Å². The third kappa shape index (κ3) is 4.16. The van der Waals surface area contributed by atoms with Gasteiger partial charge in [0.2, 0.25) is 5.16 Å². The zero-order valence-corrected chi connectivity index (χ0v) is 17.6. The molecule has 0 N–H and O–H groups in total. The normalized spacial score (nSPS) is 11.5. The third-order valence-corrected chi connectivity index (χ3v) is 6.18. The summed E-state index contributed by atoms with van der Waals surface area (Å²) in [5.41, 5.74) is 1.44. The third-order valence-electron chi connectivity index (χ3n) is 4.13. The summed E-state index contributed by atoms with van der Waals surface area (Å²) < 4.78 is 31.6. The van der Waals surface area contributed by atoms with Gasteiger partial charge in [-0.25, -0.2) is 8.42 Å². The highest BCUT2D eigenvalue weighted by Crippen LogP contribution is 2.24. The monoisotopic (exact) mass is 444 g/mol. The van der Waals surface area contributed by atoms with Crippen LogP contribution in [-0.2, 0) is 15.6 Å². The Kier molecular flexibility index (Phi) is 5.46. The van der Waals surface area contributed by atoms with Crippen LogP contribution in [0.4, 0.5) is 0 Å². The first-order chi connectivity index (χ1) is 14.5. The Morgan fingerprint density at radius 1 is 0.900 bits per heavy atom. The van der Waals surface area contributed by atoms with E-state index in [4.69, 9.17) is 4.74 Å². The summed E-state index contributed by atoms with van der Waals surface area (Å²) in [7, 11) is -1.67. The van der Waals surface area contributed by atoms with Crippen LogP contribution in [0.3, 0.4) is 0 Å². The van der Waals surface area contributed by atoms with Crippen molar-refractivity contribution in [1.82, 2.24) is 40.4 Å². The number of benzene rings is 2. The Labute approximate surface area is 176 Å². The van der Waals surface area contributed by atoms with Gasteiger partial charge in [0, 0.05) is 6.26 Å². The van der Waals surface area contributed by atoms with Crippen molar-refractivity contribution in [3.63, 3.8) is 0 Å². The number of tetrazole rings is 2. The highest BCUT2D eigenvalue weighted by Gasteiger charge is 2.14. The molecule has 0 bridgehead atoms. The van der Waals surface area contributed by atoms with Crippen LogP contribution in [0, 0.1) is 0 Å². The number of methoxy groups -OCH3 is 1. The predicted molar refractivity (Wildman–Crippen MR) is 108 cm³/mol. The standard InChI is InChI=1S/C17H16N8O3S2/c1-28-14-7-3-13(4-8-14)25-17(19-21-23-25)29-11-16-18-20-22-24(16)12-5-9-15(10-6-12)30(2,26)27/h3-10H,11H2,1-2H3. The quantitative estimate of drug-likeness (QED) is 0.385. The van der Waals surface area contributed by atoms with Crippen LogP contribution in [0.15, 0.2) is 58.6 Å². The Hall–Kier alpha value is -3.32. The lowest BCUT2D eigenvalue weighted by Gasteiger charge is -2.07. The molecular weight excluding hydrogens is 428 g/mol. The predicted octanol–water partition coefficient (Wildman–Crippen LogP) is 1.34. The molecule has 0 amide bonds. The summed E-state index contributed by atoms with van der Waals surface area (Å²) in [5, 5.41) is 24.2. The summed E-state index contributed by atoms with van der Waals surface area (Å²) in [5.74, 6) is 1.70. The van der Waals surface area contributed by atoms with Crippen LogP contribution < -0.4 is 4.74 Å². The first-order valence-electron chi connectivity index (χ1n) is 8.59. The maximum absolute atomic E-state index is 11.6. The second-order valence-corrected chi connectivity index (χ2v) is 9.09. The van der Waals surface area contributed by atoms with Crippen LogP contribution in [0.1, 0.15) is 5.82 Å². The molecule has 0 unspecified atom stereocenters. The first-order valence-corrected chi connectivity index (χ1v) is 11.5. The van der Waals surface area contributed by atoms with Crippen LogP contribution in [-0.4, -0.2) is 62.2 Å². The topological polar surface area (TPSA) is 131 Å². The molecule has 11 nitrogen and oxygen atoms in total. The Morgan fingerprint density at radius 3 is 2.17 bits per heavy atom. The summed E-state index contributed by atoms with van der Waals surface area (Å²) in [6, 6.07) is 13.7. The lowest BCUT2D eigenvalue weighted by molar-refractivity contribution is 0.414. The number of hydrogen-bond acceptors (Lipinski definition) is 10. The maximum atomic E-state index is 11.6. The SMILES string of the molecule is COc1ccc(-n2nnnc2SCc2nnnn2-c2ccc(S(C)(=O)=O)cc2)cc1. The van der Waals surface area contributed by atoms with E-state index in [1.54, 1.807) is 28.6 Å². The molecule has 0 aliphatic heterocycles. The molecule has 13 heteroatoms. The fraction of sp³-hybridized carbons (Fsp3) is 0.176. The van der Waals surface area contributed by atoms with Crippen LogP contribution in [0.5, 0.6) is 5.75 Å². The van der Waals surface area contributed by atoms with Gasteiger partial charge in [0.15, 0.2) is 15.7 Å². The van der Waals surface area contributed by atoms with Crippen LogP contribution >= 0.6 is 11.8 Å². The second kappa shape index (κ2) is 8.20. The lowest BCUT2D eigenvalue weighted by atomic mass is 10.3. The smallest absolute Gasteiger partial charge is 0.214 e. The number of nitrogens with zero attached hydrogens (tertiary/aromatic N) is 8. The molecule has 0 saturated carbocycles. The molecular formula is C17H16N8O3S2. The molecule has 2 aromatic heterocycles. The van der Waals surface area contributed by atoms with Crippen molar-refractivity contribution in [3.05, 3.63) is 54.4 Å². The van der Waals surface area contributed by atoms with Gasteiger partial charge >= 0.3 is 0 Å². The van der Waals surface area contributed by atoms with Crippen LogP contribution in [0.25, 0.3) is 11.4 Å². The van der Waals surface area contributed by atoms with Crippen molar-refractivity contribution < 1.29 is 13.2 Å². The van der Waals surface area contributed by atoms with Crippen molar-refractivity contribution in [2.75, 3.05) is 13.4 Å². The fourth-order valence-electron chi connectivity index (χ4n) is 2.61. The average Bonchev–Trinajstić information content (AvgIpc) is 3.41. The van der Waals surface area contributed by atoms with Gasteiger partial charge in [-0.05, 0) is 69.4 Å². The molecule has 0 fully saturated rings. The summed E-state index contributed by atoms with van der Waals surface area (Å²) >= 11 is 1.37. The van der Waals surface area contributed by atoms with Crippen molar-refractivity contribution in [1.29, 1.82) is 0 Å². The zero-order chi connectivity index (χ0) is 21.1. The van der Waals surface area contributed by atoms with Crippen molar-refractivity contribution in [2.45, 2.75) is 15.8 Å². The minimum Gasteiger partial charge on any atom is -0.497 e. The number of rotatable bonds is 7. The minimum absolute atomic E-state index is 0.230. The van der Waals surface area contributed by atoms with E-state index < -0.39 is 9.84 Å². The Balaban J connectivity index is 1.53. The molecule has 0 aliphatic carbocycles. The van der Waals surface area contributed by atoms with Gasteiger partial charge in [-0.2, -0.15) is 9.36 Å². The van der Waals surface area contributed by atoms with E-state index >= 15 is 0 Å². The van der Waals surface area contributed by atoms with Gasteiger partial charge in [0.25, 0.3) is 0 Å². The van der Waals surface area contributed by atoms with Crippen molar-refractivity contribution >= 4 is 21.6 Å². The number of thioether (sulfide) groups is 1. The number of aromatic nitrogens is 8. The minimum atomic E-state index is -3.27. The maximum Gasteiger partial charge on any atom is 0.214 e. The fourth-order valence-corrected chi connectivity index (χ4v) is 4.04. The van der Waals surface area contributed by atoms with Crippen LogP contribution in [0.2, 0.25) is 0 Å². The molecule has 0 saturated heterocycles. The first kappa shape index (κ1) is 20.0. The molecule has 0 radical (unpaired) electrons. The van der Waals surface area contributed by atoms with E-state index in [0.29, 0.717) is 22.4 Å². The highest BCUT2D eigenvalue weighted by atomic mass is 32.2. The van der Waals surface area contributed by atoms with E-state index in [9.17, 15) is 8.42 Å². The van der Waals surface area contributed by atoms with Crippen molar-refractivity contribution in [3.8, 4) is 17.1 Å². The van der Waals surface area contributed by atoms with E-state index in [1.807, 2.05) is 24.3 Å². The number of hydrogen-bond donors (Lipinski definition) is 0. The van der Waals surface area contributed by atoms with Gasteiger partial charge in [-0.15, -0.1) is 10.2 Å². The molecule has 4 aromatic rings. The van der Waals surface area contributed by atoms with Gasteiger partial charge in [-0.3, -0.25) is 0 Å². The van der Waals surface area contributed by atoms with Gasteiger partial charge < -0.3 is 4.74 Å². The molecule has 0 atom stereocenters. The van der Waals surface area contributed by atoms with Gasteiger partial charge in [0.1, 0.15) is 5.75 Å². The average molecular weight is 445 g/mol. The molecule has 2 aromatic carbocycles. The van der Waals surface area contributed by atoms with E-state index in [2.05, 4.69) is 31.1 Å². The Morgan fingerprint density at radius 2 is 1.50 bits per heavy atom. The lowest BCUT2D eigenvalue weighted by Crippen LogP contribution is -2.04. The molecule has 4 rings (SSSR count). The summed E-state index contributed by atoms with van der Waals surface area (Å²) in [6.45, 7) is 0. The van der Waals surface area contributed by atoms with Crippen molar-refractivity contribution in [2.24, 2.45) is 0 Å². The highest BCUT2D eigenvalue weighted by molar-refractivity contribution is 7.98. The summed E-state index contributed by atoms with van der Waals surface area (Å²) in [4.78, 5) is 0.230. The zero-order valence-electron chi connectivity index (χ0n) is 15.9. The molecule has 30 heavy (non-hydrogen) atoms. The van der Waals surface area contributed by atoms with E-state index in [-0.39, 0.29) is 4.90 Å². The number of sulfone groups is 1. The Bertz CT molecular complexity index is 1250. The molecule has 154 valence electrons. The van der Waals surface area contributed by atoms with E-state index in [1.165, 1.54) is 23.9 Å². The largest absolute Gasteiger partial charge is 0.497 e. The molecule has 0 aliphatic rings. The summed E-state index contributed by atoms with van der Waals surface area (Å²) in [6.07, 6.45) is 1.16. The molecule has 0 spiro atoms. The number of ether oxygens (including phenoxy) is 1.